The lowest BCUT2D eigenvalue weighted by Gasteiger charge is -2.00. The van der Waals surface area contributed by atoms with Crippen LogP contribution in [0.2, 0.25) is 0 Å². The molecule has 2 nitrogen and oxygen atoms in total. The Morgan fingerprint density at radius 1 is 1.14 bits per heavy atom. The quantitative estimate of drug-likeness (QED) is 0.339. The molecule has 0 fully saturated rings. The Labute approximate surface area is 87.3 Å². The summed E-state index contributed by atoms with van der Waals surface area (Å²) in [5.41, 5.74) is 0. The number of carbonyl (C=O) groups excluding carboxylic acids is 1. The molecular formula is C12H22O2. The van der Waals surface area contributed by atoms with Gasteiger partial charge in [-0.15, -0.1) is 0 Å². The topological polar surface area (TPSA) is 26.3 Å². The summed E-state index contributed by atoms with van der Waals surface area (Å²) in [6.45, 7) is 4.21. The van der Waals surface area contributed by atoms with Crippen LogP contribution in [0.15, 0.2) is 12.2 Å². The van der Waals surface area contributed by atoms with E-state index in [2.05, 4.69) is 19.1 Å². The van der Waals surface area contributed by atoms with Gasteiger partial charge in [-0.2, -0.15) is 0 Å². The van der Waals surface area contributed by atoms with E-state index in [1.165, 1.54) is 26.2 Å². The molecule has 0 aliphatic heterocycles. The van der Waals surface area contributed by atoms with E-state index in [0.717, 1.165) is 19.3 Å². The molecule has 0 heterocycles. The van der Waals surface area contributed by atoms with E-state index < -0.39 is 0 Å². The van der Waals surface area contributed by atoms with Gasteiger partial charge in [-0.05, 0) is 32.1 Å². The largest absolute Gasteiger partial charge is 0.466 e. The lowest BCUT2D eigenvalue weighted by Crippen LogP contribution is -1.99. The zero-order chi connectivity index (χ0) is 10.6. The third kappa shape index (κ3) is 11.2. The highest BCUT2D eigenvalue weighted by Gasteiger charge is 1.91. The molecule has 0 spiro atoms. The number of hydrogen-bond acceptors (Lipinski definition) is 2. The number of unbranched alkanes of at least 4 members (excludes halogenated alkanes) is 4. The molecule has 0 aliphatic rings. The van der Waals surface area contributed by atoms with Crippen molar-refractivity contribution in [2.75, 3.05) is 6.61 Å². The van der Waals surface area contributed by atoms with Gasteiger partial charge in [0.05, 0.1) is 6.61 Å². The van der Waals surface area contributed by atoms with E-state index in [1.807, 2.05) is 0 Å². The number of rotatable bonds is 8. The second-order valence-corrected chi connectivity index (χ2v) is 3.45. The van der Waals surface area contributed by atoms with Crippen molar-refractivity contribution < 1.29 is 9.53 Å². The highest BCUT2D eigenvalue weighted by molar-refractivity contribution is 5.65. The zero-order valence-corrected chi connectivity index (χ0v) is 9.42. The molecule has 82 valence electrons. The number of ether oxygens (including phenoxy) is 1. The molecule has 0 aromatic carbocycles. The van der Waals surface area contributed by atoms with Crippen molar-refractivity contribution in [1.82, 2.24) is 0 Å². The van der Waals surface area contributed by atoms with Gasteiger partial charge in [0.15, 0.2) is 0 Å². The summed E-state index contributed by atoms with van der Waals surface area (Å²) in [5, 5.41) is 0. The smallest absolute Gasteiger partial charge is 0.302 e. The van der Waals surface area contributed by atoms with Crippen molar-refractivity contribution in [2.24, 2.45) is 0 Å². The first-order valence-corrected chi connectivity index (χ1v) is 5.55. The Balaban J connectivity index is 3.02. The number of carbonyl (C=O) groups is 1. The average Bonchev–Trinajstić information content (AvgIpc) is 2.15. The fourth-order valence-electron chi connectivity index (χ4n) is 1.16. The van der Waals surface area contributed by atoms with E-state index in [4.69, 9.17) is 4.74 Å². The Hall–Kier alpha value is -0.790. The lowest BCUT2D eigenvalue weighted by atomic mass is 10.2. The Bertz CT molecular complexity index is 162. The SMILES string of the molecule is CCC/C=C\CCCCCOC(C)=O. The first kappa shape index (κ1) is 13.2. The van der Waals surface area contributed by atoms with Crippen molar-refractivity contribution >= 4 is 5.97 Å². The zero-order valence-electron chi connectivity index (χ0n) is 9.42. The van der Waals surface area contributed by atoms with Crippen molar-refractivity contribution in [2.45, 2.75) is 52.4 Å². The van der Waals surface area contributed by atoms with Crippen molar-refractivity contribution in [1.29, 1.82) is 0 Å². The molecule has 0 N–H and O–H groups in total. The fourth-order valence-corrected chi connectivity index (χ4v) is 1.16. The predicted octanol–water partition coefficient (Wildman–Crippen LogP) is 3.47. The highest BCUT2D eigenvalue weighted by Crippen LogP contribution is 2.02. The van der Waals surface area contributed by atoms with Gasteiger partial charge in [-0.1, -0.05) is 25.5 Å². The van der Waals surface area contributed by atoms with Crippen LogP contribution in [-0.2, 0) is 9.53 Å². The van der Waals surface area contributed by atoms with Gasteiger partial charge in [0, 0.05) is 6.92 Å². The minimum absolute atomic E-state index is 0.173. The maximum atomic E-state index is 10.4. The molecule has 0 aromatic heterocycles. The number of esters is 1. The first-order valence-electron chi connectivity index (χ1n) is 5.55. The van der Waals surface area contributed by atoms with E-state index in [9.17, 15) is 4.79 Å². The van der Waals surface area contributed by atoms with Crippen LogP contribution in [0, 0.1) is 0 Å². The Morgan fingerprint density at radius 2 is 1.86 bits per heavy atom. The van der Waals surface area contributed by atoms with Crippen LogP contribution in [0.3, 0.4) is 0 Å². The minimum Gasteiger partial charge on any atom is -0.466 e. The molecule has 0 aromatic rings. The molecule has 0 rings (SSSR count). The molecule has 0 saturated carbocycles. The first-order chi connectivity index (χ1) is 6.77. The van der Waals surface area contributed by atoms with E-state index >= 15 is 0 Å². The van der Waals surface area contributed by atoms with Crippen molar-refractivity contribution in [3.05, 3.63) is 12.2 Å². The second-order valence-electron chi connectivity index (χ2n) is 3.45. The van der Waals surface area contributed by atoms with Gasteiger partial charge in [0.1, 0.15) is 0 Å². The normalized spacial score (nSPS) is 10.7. The van der Waals surface area contributed by atoms with Gasteiger partial charge >= 0.3 is 5.97 Å². The number of hydrogen-bond donors (Lipinski definition) is 0. The van der Waals surface area contributed by atoms with Gasteiger partial charge in [0.25, 0.3) is 0 Å². The molecule has 14 heavy (non-hydrogen) atoms. The molecule has 0 amide bonds. The molecule has 0 saturated heterocycles. The Morgan fingerprint density at radius 3 is 2.50 bits per heavy atom. The predicted molar refractivity (Wildman–Crippen MR) is 59.1 cm³/mol. The fraction of sp³-hybridized carbons (Fsp3) is 0.750. The molecule has 0 aliphatic carbocycles. The van der Waals surface area contributed by atoms with E-state index in [1.54, 1.807) is 0 Å². The molecule has 0 unspecified atom stereocenters. The minimum atomic E-state index is -0.173. The lowest BCUT2D eigenvalue weighted by molar-refractivity contribution is -0.141. The maximum absolute atomic E-state index is 10.4. The van der Waals surface area contributed by atoms with E-state index in [-0.39, 0.29) is 5.97 Å². The summed E-state index contributed by atoms with van der Waals surface area (Å²) in [5.74, 6) is -0.173. The van der Waals surface area contributed by atoms with E-state index in [0.29, 0.717) is 6.61 Å². The number of allylic oxidation sites excluding steroid dienone is 2. The summed E-state index contributed by atoms with van der Waals surface area (Å²) in [4.78, 5) is 10.4. The van der Waals surface area contributed by atoms with Gasteiger partial charge in [-0.25, -0.2) is 0 Å². The average molecular weight is 198 g/mol. The van der Waals surface area contributed by atoms with Crippen LogP contribution in [-0.4, -0.2) is 12.6 Å². The van der Waals surface area contributed by atoms with Gasteiger partial charge < -0.3 is 4.74 Å². The van der Waals surface area contributed by atoms with Gasteiger partial charge in [0.2, 0.25) is 0 Å². The molecule has 2 heteroatoms. The van der Waals surface area contributed by atoms with Crippen LogP contribution in [0.25, 0.3) is 0 Å². The van der Waals surface area contributed by atoms with Crippen LogP contribution in [0.1, 0.15) is 52.4 Å². The molecule has 0 radical (unpaired) electrons. The van der Waals surface area contributed by atoms with Crippen LogP contribution in [0.5, 0.6) is 0 Å². The van der Waals surface area contributed by atoms with Crippen LogP contribution >= 0.6 is 0 Å². The third-order valence-electron chi connectivity index (χ3n) is 1.94. The molecule has 0 atom stereocenters. The maximum Gasteiger partial charge on any atom is 0.302 e. The summed E-state index contributed by atoms with van der Waals surface area (Å²) in [6, 6.07) is 0. The van der Waals surface area contributed by atoms with Gasteiger partial charge in [-0.3, -0.25) is 4.79 Å². The second kappa shape index (κ2) is 10.3. The third-order valence-corrected chi connectivity index (χ3v) is 1.94. The summed E-state index contributed by atoms with van der Waals surface area (Å²) in [7, 11) is 0. The monoisotopic (exact) mass is 198 g/mol. The summed E-state index contributed by atoms with van der Waals surface area (Å²) >= 11 is 0. The summed E-state index contributed by atoms with van der Waals surface area (Å²) in [6.07, 6.45) is 11.4. The standard InChI is InChI=1S/C12H22O2/c1-3-4-5-6-7-8-9-10-11-14-12(2)13/h5-6H,3-4,7-11H2,1-2H3/b6-5-. The Kier molecular flexibility index (Phi) is 9.71. The van der Waals surface area contributed by atoms with Crippen molar-refractivity contribution in [3.63, 3.8) is 0 Å². The summed E-state index contributed by atoms with van der Waals surface area (Å²) < 4.78 is 4.83. The van der Waals surface area contributed by atoms with Crippen LogP contribution in [0.4, 0.5) is 0 Å². The molecular weight excluding hydrogens is 176 g/mol. The van der Waals surface area contributed by atoms with Crippen molar-refractivity contribution in [3.8, 4) is 0 Å². The highest BCUT2D eigenvalue weighted by atomic mass is 16.5. The molecule has 0 bridgehead atoms. The van der Waals surface area contributed by atoms with Crippen LogP contribution < -0.4 is 0 Å².